The first kappa shape index (κ1) is 38.8. The maximum absolute atomic E-state index is 12.8. The number of phenolic OH excluding ortho intramolecular Hbond substituents is 4. The van der Waals surface area contributed by atoms with Crippen LogP contribution < -0.4 is 4.74 Å². The summed E-state index contributed by atoms with van der Waals surface area (Å²) in [6.07, 6.45) is 1.11. The Hall–Kier alpha value is -4.67. The van der Waals surface area contributed by atoms with Crippen molar-refractivity contribution < 1.29 is 49.8 Å². The molecule has 0 radical (unpaired) electrons. The van der Waals surface area contributed by atoms with E-state index >= 15 is 0 Å². The second-order valence-corrected chi connectivity index (χ2v) is 12.9. The highest BCUT2D eigenvalue weighted by atomic mass is 35.5. The number of hydrogen-bond donors (Lipinski definition) is 6. The van der Waals surface area contributed by atoms with Gasteiger partial charge in [-0.3, -0.25) is 14.4 Å². The van der Waals surface area contributed by atoms with Crippen molar-refractivity contribution in [3.63, 3.8) is 0 Å². The quantitative estimate of drug-likeness (QED) is 0.0836. The first-order chi connectivity index (χ1) is 23.0. The van der Waals surface area contributed by atoms with E-state index in [1.54, 1.807) is 38.1 Å². The second kappa shape index (κ2) is 16.2. The summed E-state index contributed by atoms with van der Waals surface area (Å²) >= 11 is 11.7. The van der Waals surface area contributed by atoms with E-state index < -0.39 is 51.4 Å². The van der Waals surface area contributed by atoms with Crippen LogP contribution in [0.1, 0.15) is 80.4 Å². The van der Waals surface area contributed by atoms with Gasteiger partial charge in [-0.05, 0) is 74.2 Å². The molecule has 0 amide bonds. The lowest BCUT2D eigenvalue weighted by Gasteiger charge is -2.31. The van der Waals surface area contributed by atoms with Gasteiger partial charge in [0.25, 0.3) is 0 Å². The highest BCUT2D eigenvalue weighted by Crippen LogP contribution is 2.45. The number of methoxy groups -OCH3 is 1. The van der Waals surface area contributed by atoms with E-state index in [-0.39, 0.29) is 53.2 Å². The molecule has 0 spiro atoms. The summed E-state index contributed by atoms with van der Waals surface area (Å²) in [4.78, 5) is 37.9. The molecule has 0 heterocycles. The average Bonchev–Trinajstić information content (AvgIpc) is 3.03. The zero-order chi connectivity index (χ0) is 36.8. The molecule has 0 aliphatic heterocycles. The Kier molecular flexibility index (Phi) is 12.8. The Morgan fingerprint density at radius 1 is 0.755 bits per heavy atom. The minimum Gasteiger partial charge on any atom is -0.511 e. The summed E-state index contributed by atoms with van der Waals surface area (Å²) in [5.41, 5.74) is -0.998. The van der Waals surface area contributed by atoms with Crippen molar-refractivity contribution in [2.45, 2.75) is 66.2 Å². The fraction of sp³-hybridized carbons (Fsp3) is 0.324. The minimum atomic E-state index is -1.49. The number of aliphatic hydroxyl groups is 2. The number of carbonyl (C=O) groups excluding carboxylic acids is 3. The predicted molar refractivity (Wildman–Crippen MR) is 186 cm³/mol. The van der Waals surface area contributed by atoms with E-state index in [2.05, 4.69) is 0 Å². The number of Topliss-reactive ketones (excluding diaryl/α,β-unsaturated/α-hetero) is 3. The minimum absolute atomic E-state index is 0.0114. The van der Waals surface area contributed by atoms with Gasteiger partial charge in [0.1, 0.15) is 51.4 Å². The van der Waals surface area contributed by atoms with Crippen LogP contribution in [0.3, 0.4) is 0 Å². The average molecular weight is 716 g/mol. The number of hydrogen-bond acceptors (Lipinski definition) is 10. The van der Waals surface area contributed by atoms with Gasteiger partial charge in [0.2, 0.25) is 0 Å². The van der Waals surface area contributed by atoms with E-state index in [9.17, 15) is 45.0 Å². The van der Waals surface area contributed by atoms with Crippen molar-refractivity contribution in [2.75, 3.05) is 7.11 Å². The monoisotopic (exact) mass is 714 g/mol. The fourth-order valence-electron chi connectivity index (χ4n) is 5.37. The highest BCUT2D eigenvalue weighted by Gasteiger charge is 2.45. The molecule has 49 heavy (non-hydrogen) atoms. The third kappa shape index (κ3) is 8.50. The van der Waals surface area contributed by atoms with Crippen molar-refractivity contribution in [1.82, 2.24) is 0 Å². The molecule has 0 saturated carbocycles. The summed E-state index contributed by atoms with van der Waals surface area (Å²) in [5.74, 6) is -3.56. The fourth-order valence-corrected chi connectivity index (χ4v) is 5.76. The summed E-state index contributed by atoms with van der Waals surface area (Å²) in [5, 5.41) is 63.2. The van der Waals surface area contributed by atoms with Crippen LogP contribution in [-0.2, 0) is 22.4 Å². The van der Waals surface area contributed by atoms with Crippen LogP contribution in [0.4, 0.5) is 0 Å². The molecule has 0 saturated heterocycles. The van der Waals surface area contributed by atoms with Gasteiger partial charge in [0, 0.05) is 52.9 Å². The zero-order valence-electron chi connectivity index (χ0n) is 27.9. The van der Waals surface area contributed by atoms with Crippen LogP contribution in [0.15, 0.2) is 65.1 Å². The molecule has 6 N–H and O–H groups in total. The molecule has 1 aliphatic rings. The first-order valence-electron chi connectivity index (χ1n) is 15.5. The van der Waals surface area contributed by atoms with Crippen LogP contribution >= 0.6 is 23.2 Å². The number of rotatable bonds is 11. The molecular formula is C37H40Cl2O10. The third-order valence-electron chi connectivity index (χ3n) is 8.09. The van der Waals surface area contributed by atoms with Gasteiger partial charge in [-0.2, -0.15) is 0 Å². The molecule has 3 aromatic carbocycles. The number of aliphatic hydroxyl groups excluding tert-OH is 2. The summed E-state index contributed by atoms with van der Waals surface area (Å²) in [6.45, 7) is 6.40. The van der Waals surface area contributed by atoms with E-state index in [1.165, 1.54) is 39.2 Å². The summed E-state index contributed by atoms with van der Waals surface area (Å²) < 4.78 is 5.23. The van der Waals surface area contributed by atoms with E-state index in [4.69, 9.17) is 27.9 Å². The van der Waals surface area contributed by atoms with Crippen LogP contribution in [-0.4, -0.2) is 55.1 Å². The van der Waals surface area contributed by atoms with Crippen molar-refractivity contribution in [3.05, 3.63) is 97.4 Å². The molecule has 0 bridgehead atoms. The molecule has 262 valence electrons. The Bertz CT molecular complexity index is 1790. The number of ether oxygens (including phenoxy) is 1. The maximum Gasteiger partial charge on any atom is 0.183 e. The number of carbonyl (C=O) groups is 3. The number of aromatic hydroxyl groups is 4. The second-order valence-electron chi connectivity index (χ2n) is 12.1. The lowest BCUT2D eigenvalue weighted by atomic mass is 9.73. The number of phenols is 4. The first-order valence-corrected chi connectivity index (χ1v) is 16.3. The normalized spacial score (nSPS) is 14.0. The largest absolute Gasteiger partial charge is 0.511 e. The molecule has 3 aromatic rings. The summed E-state index contributed by atoms with van der Waals surface area (Å²) in [7, 11) is 1.29. The smallest absolute Gasteiger partial charge is 0.183 e. The van der Waals surface area contributed by atoms with E-state index in [1.807, 2.05) is 0 Å². The van der Waals surface area contributed by atoms with Gasteiger partial charge >= 0.3 is 0 Å². The standard InChI is InChI=1S/C24H30O8.C13H10Cl2O2/c1-6-8-14(25)18-16(27)11-17(32-5)12(20(18)28)10-13-21(29)19(15(26)9-7-2)23(31)24(3,4)22(13)30;14-10-1-3-12(16)8(6-10)5-9-7-11(15)2-4-13(9)17/h11,27-30H,6-10H2,1-5H3;1-4,6-7,16-17H,5H2. The molecule has 0 fully saturated rings. The number of allylic oxidation sites excluding steroid dienone is 3. The molecule has 0 atom stereocenters. The molecule has 12 heteroatoms. The number of ketones is 3. The van der Waals surface area contributed by atoms with Crippen LogP contribution in [0, 0.1) is 5.41 Å². The van der Waals surface area contributed by atoms with Gasteiger partial charge in [-0.15, -0.1) is 0 Å². The number of benzene rings is 3. The van der Waals surface area contributed by atoms with Gasteiger partial charge in [0.15, 0.2) is 17.3 Å². The SMILES string of the molecule is CCCC(=O)C1=C(O)C(Cc2c(OC)cc(O)c(C(=O)CCC)c2O)=C(O)C(C)(C)C1=O.Oc1ccc(Cl)cc1Cc1cc(Cl)ccc1O. The third-order valence-corrected chi connectivity index (χ3v) is 8.56. The lowest BCUT2D eigenvalue weighted by Crippen LogP contribution is -2.36. The lowest BCUT2D eigenvalue weighted by molar-refractivity contribution is -0.127. The highest BCUT2D eigenvalue weighted by molar-refractivity contribution is 6.31. The Balaban J connectivity index is 0.000000319. The Morgan fingerprint density at radius 3 is 1.76 bits per heavy atom. The predicted octanol–water partition coefficient (Wildman–Crippen LogP) is 8.23. The van der Waals surface area contributed by atoms with Gasteiger partial charge in [-0.25, -0.2) is 0 Å². The molecular weight excluding hydrogens is 675 g/mol. The van der Waals surface area contributed by atoms with Gasteiger partial charge < -0.3 is 35.4 Å². The molecule has 4 rings (SSSR count). The maximum atomic E-state index is 12.8. The molecule has 0 aromatic heterocycles. The van der Waals surface area contributed by atoms with Crippen molar-refractivity contribution in [3.8, 4) is 28.7 Å². The Morgan fingerprint density at radius 2 is 1.27 bits per heavy atom. The van der Waals surface area contributed by atoms with Crippen LogP contribution in [0.2, 0.25) is 10.0 Å². The van der Waals surface area contributed by atoms with Gasteiger partial charge in [0.05, 0.1) is 12.5 Å². The van der Waals surface area contributed by atoms with Crippen molar-refractivity contribution >= 4 is 40.6 Å². The van der Waals surface area contributed by atoms with Crippen molar-refractivity contribution in [1.29, 1.82) is 0 Å². The van der Waals surface area contributed by atoms with Crippen LogP contribution in [0.5, 0.6) is 28.7 Å². The Labute approximate surface area is 294 Å². The molecule has 1 aliphatic carbocycles. The summed E-state index contributed by atoms with van der Waals surface area (Å²) in [6, 6.07) is 10.8. The number of halogens is 2. The van der Waals surface area contributed by atoms with E-state index in [0.29, 0.717) is 40.4 Å². The van der Waals surface area contributed by atoms with Crippen LogP contribution in [0.25, 0.3) is 0 Å². The molecule has 0 unspecified atom stereocenters. The molecule has 10 nitrogen and oxygen atoms in total. The van der Waals surface area contributed by atoms with E-state index in [0.717, 1.165) is 0 Å². The van der Waals surface area contributed by atoms with Gasteiger partial charge in [-0.1, -0.05) is 37.0 Å². The topological polar surface area (TPSA) is 182 Å². The van der Waals surface area contributed by atoms with Crippen molar-refractivity contribution in [2.24, 2.45) is 5.41 Å². The zero-order valence-corrected chi connectivity index (χ0v) is 29.4.